The standard InChI is InChI=1S/C17H24FN5O/c1-3-19-17(20-10-12-23-11-6-9-22-23)21-13-14(2)24-16-8-5-4-7-15(16)18/h4-9,11,14H,3,10,12-13H2,1-2H3,(H2,19,20,21). The predicted octanol–water partition coefficient (Wildman–Crippen LogP) is 2.04. The van der Waals surface area contributed by atoms with Gasteiger partial charge in [-0.2, -0.15) is 5.10 Å². The van der Waals surface area contributed by atoms with Gasteiger partial charge in [0.2, 0.25) is 0 Å². The fourth-order valence-electron chi connectivity index (χ4n) is 2.08. The number of halogens is 1. The molecule has 2 aromatic rings. The molecule has 2 N–H and O–H groups in total. The first kappa shape index (κ1) is 17.8. The third kappa shape index (κ3) is 5.91. The molecule has 1 aromatic heterocycles. The molecular weight excluding hydrogens is 309 g/mol. The quantitative estimate of drug-likeness (QED) is 0.573. The summed E-state index contributed by atoms with van der Waals surface area (Å²) in [5.41, 5.74) is 0. The van der Waals surface area contributed by atoms with Crippen molar-refractivity contribution in [3.8, 4) is 5.75 Å². The van der Waals surface area contributed by atoms with Crippen LogP contribution in [0.2, 0.25) is 0 Å². The van der Waals surface area contributed by atoms with Crippen LogP contribution in [0.15, 0.2) is 47.7 Å². The number of aliphatic imine (C=N–C) groups is 1. The Morgan fingerprint density at radius 3 is 2.88 bits per heavy atom. The van der Waals surface area contributed by atoms with E-state index < -0.39 is 0 Å². The largest absolute Gasteiger partial charge is 0.486 e. The number of hydrogen-bond donors (Lipinski definition) is 2. The van der Waals surface area contributed by atoms with Gasteiger partial charge in [-0.3, -0.25) is 4.68 Å². The molecule has 0 spiro atoms. The summed E-state index contributed by atoms with van der Waals surface area (Å²) >= 11 is 0. The van der Waals surface area contributed by atoms with Crippen LogP contribution < -0.4 is 15.4 Å². The third-order valence-corrected chi connectivity index (χ3v) is 3.21. The average molecular weight is 333 g/mol. The first-order chi connectivity index (χ1) is 11.7. The van der Waals surface area contributed by atoms with Crippen LogP contribution in [0.25, 0.3) is 0 Å². The second-order valence-electron chi connectivity index (χ2n) is 5.27. The van der Waals surface area contributed by atoms with Gasteiger partial charge in [0.25, 0.3) is 0 Å². The minimum atomic E-state index is -0.363. The summed E-state index contributed by atoms with van der Waals surface area (Å²) in [5.74, 6) is 0.586. The summed E-state index contributed by atoms with van der Waals surface area (Å²) in [4.78, 5) is 4.48. The van der Waals surface area contributed by atoms with Gasteiger partial charge < -0.3 is 15.4 Å². The summed E-state index contributed by atoms with van der Waals surface area (Å²) in [6, 6.07) is 8.27. The highest BCUT2D eigenvalue weighted by Gasteiger charge is 2.08. The van der Waals surface area contributed by atoms with Crippen molar-refractivity contribution in [3.63, 3.8) is 0 Å². The lowest BCUT2D eigenvalue weighted by Gasteiger charge is -2.15. The van der Waals surface area contributed by atoms with Gasteiger partial charge in [0.05, 0.1) is 13.1 Å². The number of aromatic nitrogens is 2. The Morgan fingerprint density at radius 1 is 1.33 bits per heavy atom. The highest BCUT2D eigenvalue weighted by molar-refractivity contribution is 5.79. The molecule has 2 rings (SSSR count). The minimum absolute atomic E-state index is 0.233. The van der Waals surface area contributed by atoms with Crippen LogP contribution in [0.5, 0.6) is 5.75 Å². The second kappa shape index (κ2) is 9.54. The van der Waals surface area contributed by atoms with Gasteiger partial charge in [-0.25, -0.2) is 9.38 Å². The van der Waals surface area contributed by atoms with Crippen molar-refractivity contribution >= 4 is 5.96 Å². The second-order valence-corrected chi connectivity index (χ2v) is 5.27. The number of nitrogens with zero attached hydrogens (tertiary/aromatic N) is 3. The highest BCUT2D eigenvalue weighted by atomic mass is 19.1. The zero-order chi connectivity index (χ0) is 17.2. The molecule has 130 valence electrons. The number of para-hydroxylation sites is 1. The Labute approximate surface area is 141 Å². The first-order valence-corrected chi connectivity index (χ1v) is 8.10. The molecule has 0 aliphatic rings. The van der Waals surface area contributed by atoms with E-state index in [1.54, 1.807) is 24.4 Å². The molecule has 0 fully saturated rings. The molecule has 0 saturated carbocycles. The van der Waals surface area contributed by atoms with Crippen LogP contribution in [-0.2, 0) is 6.54 Å². The lowest BCUT2D eigenvalue weighted by Crippen LogP contribution is -2.39. The fourth-order valence-corrected chi connectivity index (χ4v) is 2.08. The van der Waals surface area contributed by atoms with E-state index in [0.717, 1.165) is 13.1 Å². The van der Waals surface area contributed by atoms with Crippen molar-refractivity contribution in [3.05, 3.63) is 48.5 Å². The Bertz CT molecular complexity index is 630. The van der Waals surface area contributed by atoms with Gasteiger partial charge in [0.1, 0.15) is 6.10 Å². The molecule has 0 saturated heterocycles. The van der Waals surface area contributed by atoms with Crippen molar-refractivity contribution in [1.29, 1.82) is 0 Å². The van der Waals surface area contributed by atoms with Crippen molar-refractivity contribution in [1.82, 2.24) is 20.4 Å². The number of benzene rings is 1. The number of ether oxygens (including phenoxy) is 1. The Kier molecular flexibility index (Phi) is 7.07. The number of hydrogen-bond acceptors (Lipinski definition) is 3. The monoisotopic (exact) mass is 333 g/mol. The van der Waals surface area contributed by atoms with Gasteiger partial charge in [0, 0.05) is 25.5 Å². The van der Waals surface area contributed by atoms with Crippen LogP contribution in [0.1, 0.15) is 13.8 Å². The maximum absolute atomic E-state index is 13.6. The maximum atomic E-state index is 13.6. The summed E-state index contributed by atoms with van der Waals surface area (Å²) < 4.78 is 21.0. The topological polar surface area (TPSA) is 63.5 Å². The molecule has 0 aliphatic heterocycles. The van der Waals surface area contributed by atoms with Crippen molar-refractivity contribution < 1.29 is 9.13 Å². The Hall–Kier alpha value is -2.57. The smallest absolute Gasteiger partial charge is 0.191 e. The number of rotatable bonds is 8. The molecule has 1 unspecified atom stereocenters. The van der Waals surface area contributed by atoms with Crippen molar-refractivity contribution in [2.45, 2.75) is 26.5 Å². The van der Waals surface area contributed by atoms with E-state index in [2.05, 4.69) is 20.7 Å². The van der Waals surface area contributed by atoms with E-state index >= 15 is 0 Å². The summed E-state index contributed by atoms with van der Waals surface area (Å²) in [7, 11) is 0. The SMILES string of the molecule is CCNC(=NCC(C)Oc1ccccc1F)NCCn1cccn1. The Balaban J connectivity index is 1.81. The van der Waals surface area contributed by atoms with E-state index in [9.17, 15) is 4.39 Å². The predicted molar refractivity (Wildman–Crippen MR) is 92.7 cm³/mol. The van der Waals surface area contributed by atoms with Crippen LogP contribution >= 0.6 is 0 Å². The lowest BCUT2D eigenvalue weighted by atomic mass is 10.3. The summed E-state index contributed by atoms with van der Waals surface area (Å²) in [6.45, 7) is 6.50. The van der Waals surface area contributed by atoms with Crippen LogP contribution in [0, 0.1) is 5.82 Å². The average Bonchev–Trinajstić information content (AvgIpc) is 3.08. The molecule has 0 aliphatic carbocycles. The molecule has 0 amide bonds. The molecule has 1 heterocycles. The van der Waals surface area contributed by atoms with E-state index in [1.165, 1.54) is 6.07 Å². The molecular formula is C17H24FN5O. The summed E-state index contributed by atoms with van der Waals surface area (Å²) in [6.07, 6.45) is 3.43. The van der Waals surface area contributed by atoms with E-state index in [-0.39, 0.29) is 17.7 Å². The van der Waals surface area contributed by atoms with E-state index in [4.69, 9.17) is 4.74 Å². The van der Waals surface area contributed by atoms with E-state index in [1.807, 2.05) is 30.8 Å². The van der Waals surface area contributed by atoms with E-state index in [0.29, 0.717) is 19.0 Å². The Morgan fingerprint density at radius 2 is 2.17 bits per heavy atom. The lowest BCUT2D eigenvalue weighted by molar-refractivity contribution is 0.220. The zero-order valence-corrected chi connectivity index (χ0v) is 14.1. The number of guanidine groups is 1. The molecule has 1 aromatic carbocycles. The van der Waals surface area contributed by atoms with Gasteiger partial charge in [0.15, 0.2) is 17.5 Å². The van der Waals surface area contributed by atoms with Gasteiger partial charge >= 0.3 is 0 Å². The molecule has 0 radical (unpaired) electrons. The van der Waals surface area contributed by atoms with Crippen molar-refractivity contribution in [2.24, 2.45) is 4.99 Å². The molecule has 1 atom stereocenters. The molecule has 0 bridgehead atoms. The third-order valence-electron chi connectivity index (χ3n) is 3.21. The van der Waals surface area contributed by atoms with Crippen LogP contribution in [-0.4, -0.2) is 41.5 Å². The molecule has 7 heteroatoms. The number of nitrogens with one attached hydrogen (secondary N) is 2. The first-order valence-electron chi connectivity index (χ1n) is 8.10. The van der Waals surface area contributed by atoms with Crippen LogP contribution in [0.4, 0.5) is 4.39 Å². The maximum Gasteiger partial charge on any atom is 0.191 e. The summed E-state index contributed by atoms with van der Waals surface area (Å²) in [5, 5.41) is 10.6. The minimum Gasteiger partial charge on any atom is -0.486 e. The van der Waals surface area contributed by atoms with Crippen molar-refractivity contribution in [2.75, 3.05) is 19.6 Å². The van der Waals surface area contributed by atoms with Crippen LogP contribution in [0.3, 0.4) is 0 Å². The molecule has 24 heavy (non-hydrogen) atoms. The fraction of sp³-hybridized carbons (Fsp3) is 0.412. The normalized spacial score (nSPS) is 12.7. The van der Waals surface area contributed by atoms with Gasteiger partial charge in [-0.1, -0.05) is 12.1 Å². The zero-order valence-electron chi connectivity index (χ0n) is 14.1. The van der Waals surface area contributed by atoms with Gasteiger partial charge in [-0.05, 0) is 32.0 Å². The highest BCUT2D eigenvalue weighted by Crippen LogP contribution is 2.16. The molecule has 6 nitrogen and oxygen atoms in total. The van der Waals surface area contributed by atoms with Gasteiger partial charge in [-0.15, -0.1) is 0 Å².